The third-order valence-electron chi connectivity index (χ3n) is 5.32. The van der Waals surface area contributed by atoms with Crippen LogP contribution in [0.4, 0.5) is 4.39 Å². The summed E-state index contributed by atoms with van der Waals surface area (Å²) in [6.45, 7) is 0.466. The molecule has 0 unspecified atom stereocenters. The largest absolute Gasteiger partial charge is 0.491 e. The van der Waals surface area contributed by atoms with E-state index in [2.05, 4.69) is 5.32 Å². The van der Waals surface area contributed by atoms with Crippen LogP contribution in [-0.2, 0) is 24.9 Å². The molecule has 1 amide bonds. The van der Waals surface area contributed by atoms with Crippen LogP contribution in [0.25, 0.3) is 10.2 Å². The molecule has 1 atom stereocenters. The van der Waals surface area contributed by atoms with Crippen LogP contribution < -0.4 is 15.5 Å². The van der Waals surface area contributed by atoms with Crippen LogP contribution in [0, 0.1) is 5.82 Å². The van der Waals surface area contributed by atoms with Gasteiger partial charge in [0.05, 0.1) is 18.6 Å². The molecule has 4 rings (SSSR count). The first-order valence-electron chi connectivity index (χ1n) is 11.1. The van der Waals surface area contributed by atoms with E-state index in [0.29, 0.717) is 21.0 Å². The molecule has 0 aliphatic heterocycles. The fraction of sp³-hybridized carbons (Fsp3) is 0.231. The number of aliphatic hydroxyl groups excluding tert-OH is 1. The highest BCUT2D eigenvalue weighted by Gasteiger charge is 2.17. The second kappa shape index (κ2) is 11.7. The Morgan fingerprint density at radius 1 is 1.17 bits per heavy atom. The highest BCUT2D eigenvalue weighted by molar-refractivity contribution is 7.18. The normalized spacial score (nSPS) is 12.0. The summed E-state index contributed by atoms with van der Waals surface area (Å²) in [5.74, 6) is -0.376. The predicted octanol–water partition coefficient (Wildman–Crippen LogP) is 4.28. The first-order valence-corrected chi connectivity index (χ1v) is 12.3. The van der Waals surface area contributed by atoms with Crippen molar-refractivity contribution in [1.29, 1.82) is 0 Å². The number of thiophene rings is 1. The number of hydrogen-bond acceptors (Lipinski definition) is 6. The maximum atomic E-state index is 13.0. The van der Waals surface area contributed by atoms with E-state index < -0.39 is 12.0 Å². The number of nitrogens with one attached hydrogen (secondary N) is 1. The lowest BCUT2D eigenvalue weighted by molar-refractivity contribution is 0.00625. The van der Waals surface area contributed by atoms with E-state index in [9.17, 15) is 19.1 Å². The minimum absolute atomic E-state index is 0.00773. The number of aromatic nitrogens is 1. The summed E-state index contributed by atoms with van der Waals surface area (Å²) in [6, 6.07) is 14.3. The summed E-state index contributed by atoms with van der Waals surface area (Å²) in [6.07, 6.45) is 0.644. The van der Waals surface area contributed by atoms with Gasteiger partial charge in [-0.1, -0.05) is 23.7 Å². The van der Waals surface area contributed by atoms with E-state index >= 15 is 0 Å². The molecule has 0 aliphatic carbocycles. The number of nitrogens with zero attached hydrogens (tertiary/aromatic N) is 1. The summed E-state index contributed by atoms with van der Waals surface area (Å²) in [7, 11) is 1.77. The van der Waals surface area contributed by atoms with Gasteiger partial charge in [0, 0.05) is 29.7 Å². The zero-order valence-electron chi connectivity index (χ0n) is 19.4. The predicted molar refractivity (Wildman–Crippen MR) is 137 cm³/mol. The van der Waals surface area contributed by atoms with Gasteiger partial charge in [0.1, 0.15) is 34.7 Å². The SMILES string of the molecule is Cn1cc(C(=O)NCc2ccc(Cl)cc2)c(=O)c2cc(COC[C@@H](O)COc3ccc(F)cc3)sc21. The van der Waals surface area contributed by atoms with E-state index in [-0.39, 0.29) is 43.2 Å². The van der Waals surface area contributed by atoms with Crippen molar-refractivity contribution in [2.24, 2.45) is 7.05 Å². The van der Waals surface area contributed by atoms with Gasteiger partial charge in [-0.15, -0.1) is 11.3 Å². The monoisotopic (exact) mass is 530 g/mol. The Balaban J connectivity index is 1.35. The molecule has 2 aromatic carbocycles. The smallest absolute Gasteiger partial charge is 0.257 e. The van der Waals surface area contributed by atoms with Crippen LogP contribution in [-0.4, -0.2) is 34.9 Å². The van der Waals surface area contributed by atoms with Gasteiger partial charge in [0.15, 0.2) is 0 Å². The molecule has 10 heteroatoms. The van der Waals surface area contributed by atoms with E-state index in [4.69, 9.17) is 21.1 Å². The number of aryl methyl sites for hydroxylation is 1. The van der Waals surface area contributed by atoms with E-state index in [0.717, 1.165) is 10.4 Å². The number of fused-ring (bicyclic) bond motifs is 1. The average molecular weight is 531 g/mol. The lowest BCUT2D eigenvalue weighted by Gasteiger charge is -2.12. The maximum absolute atomic E-state index is 13.0. The quantitative estimate of drug-likeness (QED) is 0.319. The Morgan fingerprint density at radius 3 is 2.61 bits per heavy atom. The van der Waals surface area contributed by atoms with E-state index in [1.54, 1.807) is 41.9 Å². The van der Waals surface area contributed by atoms with E-state index in [1.807, 2.05) is 0 Å². The Kier molecular flexibility index (Phi) is 8.37. The van der Waals surface area contributed by atoms with E-state index in [1.165, 1.54) is 41.8 Å². The Labute approximate surface area is 215 Å². The molecule has 188 valence electrons. The standard InChI is InChI=1S/C26H24ClFN2O5S/c1-30-12-23(25(33)29-11-16-2-4-17(27)5-3-16)24(32)22-10-21(36-26(22)30)15-34-13-19(31)14-35-20-8-6-18(28)7-9-20/h2-10,12,19,31H,11,13-15H2,1H3,(H,29,33)/t19-/m1/s1. The van der Waals surface area contributed by atoms with Crippen LogP contribution in [0.1, 0.15) is 20.8 Å². The highest BCUT2D eigenvalue weighted by Crippen LogP contribution is 2.24. The topological polar surface area (TPSA) is 89.8 Å². The van der Waals surface area contributed by atoms with Crippen molar-refractivity contribution in [3.63, 3.8) is 0 Å². The zero-order chi connectivity index (χ0) is 25.7. The second-order valence-corrected chi connectivity index (χ2v) is 9.71. The lowest BCUT2D eigenvalue weighted by atomic mass is 10.2. The number of benzene rings is 2. The molecular weight excluding hydrogens is 507 g/mol. The zero-order valence-corrected chi connectivity index (χ0v) is 20.9. The molecular formula is C26H24ClFN2O5S. The third kappa shape index (κ3) is 6.50. The van der Waals surface area contributed by atoms with Crippen LogP contribution in [0.5, 0.6) is 5.75 Å². The number of amides is 1. The highest BCUT2D eigenvalue weighted by atomic mass is 35.5. The van der Waals surface area contributed by atoms with Crippen LogP contribution in [0.2, 0.25) is 5.02 Å². The van der Waals surface area contributed by atoms with Gasteiger partial charge >= 0.3 is 0 Å². The van der Waals surface area contributed by atoms with Gasteiger partial charge in [0.25, 0.3) is 5.91 Å². The molecule has 0 saturated carbocycles. The maximum Gasteiger partial charge on any atom is 0.257 e. The van der Waals surface area contributed by atoms with Gasteiger partial charge in [-0.3, -0.25) is 9.59 Å². The summed E-state index contributed by atoms with van der Waals surface area (Å²) in [5.41, 5.74) is 0.565. The molecule has 0 aliphatic rings. The van der Waals surface area contributed by atoms with Gasteiger partial charge in [-0.05, 0) is 48.0 Å². The Hall–Kier alpha value is -3.24. The van der Waals surface area contributed by atoms with Crippen molar-refractivity contribution in [2.75, 3.05) is 13.2 Å². The summed E-state index contributed by atoms with van der Waals surface area (Å²) >= 11 is 7.27. The van der Waals surface area contributed by atoms with Crippen molar-refractivity contribution in [3.05, 3.63) is 97.9 Å². The molecule has 0 bridgehead atoms. The van der Waals surface area contributed by atoms with Gasteiger partial charge in [-0.25, -0.2) is 4.39 Å². The number of ether oxygens (including phenoxy) is 2. The summed E-state index contributed by atoms with van der Waals surface area (Å²) in [4.78, 5) is 27.2. The second-order valence-electron chi connectivity index (χ2n) is 8.16. The molecule has 0 radical (unpaired) electrons. The van der Waals surface area contributed by atoms with Crippen LogP contribution in [0.15, 0.2) is 65.6 Å². The number of rotatable bonds is 10. The number of carbonyl (C=O) groups is 1. The fourth-order valence-corrected chi connectivity index (χ4v) is 4.64. The Morgan fingerprint density at radius 2 is 1.89 bits per heavy atom. The van der Waals surface area contributed by atoms with Crippen molar-refractivity contribution in [2.45, 2.75) is 19.3 Å². The lowest BCUT2D eigenvalue weighted by Crippen LogP contribution is -2.29. The van der Waals surface area contributed by atoms with Gasteiger partial charge < -0.3 is 24.5 Å². The number of hydrogen-bond donors (Lipinski definition) is 2. The van der Waals surface area contributed by atoms with Crippen LogP contribution >= 0.6 is 22.9 Å². The molecule has 2 aromatic heterocycles. The molecule has 0 saturated heterocycles. The van der Waals surface area contributed by atoms with Gasteiger partial charge in [0.2, 0.25) is 5.43 Å². The van der Waals surface area contributed by atoms with Crippen molar-refractivity contribution < 1.29 is 23.8 Å². The van der Waals surface area contributed by atoms with Crippen molar-refractivity contribution in [3.8, 4) is 5.75 Å². The number of halogens is 2. The van der Waals surface area contributed by atoms with Gasteiger partial charge in [-0.2, -0.15) is 0 Å². The first kappa shape index (κ1) is 25.8. The van der Waals surface area contributed by atoms with Crippen molar-refractivity contribution >= 4 is 39.1 Å². The molecule has 36 heavy (non-hydrogen) atoms. The number of carbonyl (C=O) groups excluding carboxylic acids is 1. The molecule has 4 aromatic rings. The minimum atomic E-state index is -0.883. The summed E-state index contributed by atoms with van der Waals surface area (Å²) in [5, 5.41) is 13.9. The molecule has 7 nitrogen and oxygen atoms in total. The van der Waals surface area contributed by atoms with Crippen LogP contribution in [0.3, 0.4) is 0 Å². The van der Waals surface area contributed by atoms with Crippen molar-refractivity contribution in [1.82, 2.24) is 9.88 Å². The first-order chi connectivity index (χ1) is 17.3. The molecule has 2 heterocycles. The summed E-state index contributed by atoms with van der Waals surface area (Å²) < 4.78 is 25.7. The average Bonchev–Trinajstić information content (AvgIpc) is 3.30. The molecule has 0 spiro atoms. The third-order valence-corrected chi connectivity index (χ3v) is 6.77. The number of aliphatic hydroxyl groups is 1. The minimum Gasteiger partial charge on any atom is -0.491 e. The fourth-order valence-electron chi connectivity index (χ4n) is 3.49. The Bertz CT molecular complexity index is 1400. The molecule has 0 fully saturated rings. The number of pyridine rings is 1. The molecule has 2 N–H and O–H groups in total.